The summed E-state index contributed by atoms with van der Waals surface area (Å²) in [6, 6.07) is 11.4. The van der Waals surface area contributed by atoms with Crippen LogP contribution in [-0.2, 0) is 4.74 Å². The van der Waals surface area contributed by atoms with E-state index in [1.807, 2.05) is 61.7 Å². The van der Waals surface area contributed by atoms with Crippen LogP contribution in [0.5, 0.6) is 0 Å². The Morgan fingerprint density at radius 3 is 2.17 bits per heavy atom. The zero-order valence-corrected chi connectivity index (χ0v) is 25.6. The second-order valence-electron chi connectivity index (χ2n) is 11.8. The monoisotopic (exact) mass is 625 g/mol. The topological polar surface area (TPSA) is 108 Å². The van der Waals surface area contributed by atoms with Crippen LogP contribution in [0, 0.1) is 0 Å². The second-order valence-corrected chi connectivity index (χ2v) is 12.6. The van der Waals surface area contributed by atoms with Crippen LogP contribution in [0.4, 0.5) is 16.3 Å². The van der Waals surface area contributed by atoms with E-state index in [9.17, 15) is 19.5 Å². The minimum absolute atomic E-state index is 0.0477. The summed E-state index contributed by atoms with van der Waals surface area (Å²) in [7, 11) is 1.73. The van der Waals surface area contributed by atoms with Crippen molar-refractivity contribution in [1.29, 1.82) is 0 Å². The number of carboxylic acids is 1. The minimum atomic E-state index is -1.02. The molecular formula is C30H36BrN5O5. The highest BCUT2D eigenvalue weighted by molar-refractivity contribution is 9.10. The fourth-order valence-corrected chi connectivity index (χ4v) is 6.20. The molecule has 10 nitrogen and oxygen atoms in total. The van der Waals surface area contributed by atoms with Crippen molar-refractivity contribution in [2.45, 2.75) is 58.2 Å². The molecule has 3 heterocycles. The zero-order valence-electron chi connectivity index (χ0n) is 24.1. The number of carbonyl (C=O) groups is 3. The predicted molar refractivity (Wildman–Crippen MR) is 161 cm³/mol. The van der Waals surface area contributed by atoms with E-state index in [0.717, 1.165) is 43.1 Å². The van der Waals surface area contributed by atoms with E-state index >= 15 is 0 Å². The molecule has 41 heavy (non-hydrogen) atoms. The Morgan fingerprint density at radius 1 is 1.00 bits per heavy atom. The fraction of sp³-hybridized carbons (Fsp3) is 0.467. The summed E-state index contributed by atoms with van der Waals surface area (Å²) in [5.41, 5.74) is 1.99. The number of amides is 1. The van der Waals surface area contributed by atoms with Crippen molar-refractivity contribution in [1.82, 2.24) is 14.5 Å². The second kappa shape index (κ2) is 11.0. The molecule has 1 saturated heterocycles. The van der Waals surface area contributed by atoms with Gasteiger partial charge < -0.3 is 29.1 Å². The summed E-state index contributed by atoms with van der Waals surface area (Å²) in [4.78, 5) is 47.6. The summed E-state index contributed by atoms with van der Waals surface area (Å²) in [5, 5.41) is 10.9. The third-order valence-corrected chi connectivity index (χ3v) is 8.70. The molecule has 5 rings (SSSR count). The fourth-order valence-electron chi connectivity index (χ4n) is 5.53. The van der Waals surface area contributed by atoms with Gasteiger partial charge in [-0.2, -0.15) is 0 Å². The third kappa shape index (κ3) is 5.77. The quantitative estimate of drug-likeness (QED) is 0.353. The molecule has 11 heteroatoms. The van der Waals surface area contributed by atoms with Crippen LogP contribution < -0.4 is 9.80 Å². The van der Waals surface area contributed by atoms with Crippen molar-refractivity contribution >= 4 is 56.3 Å². The van der Waals surface area contributed by atoms with E-state index in [1.54, 1.807) is 18.9 Å². The number of fused-ring (bicyclic) bond motifs is 1. The summed E-state index contributed by atoms with van der Waals surface area (Å²) >= 11 is 3.53. The van der Waals surface area contributed by atoms with Gasteiger partial charge in [0.05, 0.1) is 4.47 Å². The molecule has 1 aliphatic heterocycles. The number of aromatic nitrogens is 2. The van der Waals surface area contributed by atoms with Crippen LogP contribution in [0.15, 0.2) is 40.9 Å². The lowest BCUT2D eigenvalue weighted by Crippen LogP contribution is -2.48. The molecule has 218 valence electrons. The lowest BCUT2D eigenvalue weighted by Gasteiger charge is -2.42. The number of carbonyl (C=O) groups excluding carboxylic acids is 2. The Bertz CT molecular complexity index is 1480. The molecule has 0 unspecified atom stereocenters. The normalized spacial score (nSPS) is 19.2. The number of benzene rings is 1. The van der Waals surface area contributed by atoms with Gasteiger partial charge in [-0.3, -0.25) is 4.79 Å². The largest absolute Gasteiger partial charge is 0.477 e. The molecule has 0 spiro atoms. The van der Waals surface area contributed by atoms with Crippen LogP contribution in [0.25, 0.3) is 11.0 Å². The highest BCUT2D eigenvalue weighted by atomic mass is 79.9. The number of pyridine rings is 1. The van der Waals surface area contributed by atoms with Gasteiger partial charge in [0.1, 0.15) is 22.8 Å². The summed E-state index contributed by atoms with van der Waals surface area (Å²) in [6.07, 6.45) is 0.839. The molecule has 0 bridgehead atoms. The highest BCUT2D eigenvalue weighted by Crippen LogP contribution is 2.42. The van der Waals surface area contributed by atoms with Gasteiger partial charge in [-0.1, -0.05) is 0 Å². The number of nitrogens with zero attached hydrogens (tertiary/aromatic N) is 5. The number of carboxylic acid groups (broad SMARTS) is 1. The van der Waals surface area contributed by atoms with E-state index in [1.165, 1.54) is 0 Å². The maximum atomic E-state index is 12.6. The molecule has 2 aromatic heterocycles. The molecule has 1 aromatic carbocycles. The smallest absolute Gasteiger partial charge is 0.410 e. The van der Waals surface area contributed by atoms with Crippen LogP contribution in [-0.4, -0.2) is 82.3 Å². The number of hydrogen-bond donors (Lipinski definition) is 1. The van der Waals surface area contributed by atoms with E-state index in [2.05, 4.69) is 25.7 Å². The lowest BCUT2D eigenvalue weighted by atomic mass is 9.85. The molecule has 1 amide bonds. The third-order valence-electron chi connectivity index (χ3n) is 7.90. The summed E-state index contributed by atoms with van der Waals surface area (Å²) in [5.74, 6) is -0.170. The SMILES string of the molecule is CC(=O)c1ccc(N2CCN(c3ccc4c(Br)c(C(=O)O)n([C@H]5C[C@H](N(C)C(=O)OC(C)(C)C)C5)c4n3)CC2)cc1. The molecular weight excluding hydrogens is 590 g/mol. The Labute approximate surface area is 248 Å². The number of ether oxygens (including phenoxy) is 1. The molecule has 0 atom stereocenters. The van der Waals surface area contributed by atoms with E-state index < -0.39 is 11.6 Å². The van der Waals surface area contributed by atoms with Crippen molar-refractivity contribution in [3.05, 3.63) is 52.1 Å². The minimum Gasteiger partial charge on any atom is -0.477 e. The highest BCUT2D eigenvalue weighted by Gasteiger charge is 2.40. The standard InChI is InChI=1S/C30H36BrN5O5/c1-18(37)19-6-8-20(9-7-19)34-12-14-35(15-13-34)24-11-10-23-25(31)26(28(38)39)36(27(23)32-24)22-16-21(17-22)33(5)29(40)41-30(2,3)4/h6-11,21-22H,12-17H2,1-5H3,(H,38,39)/t21-,22-. The molecule has 1 N–H and O–H groups in total. The van der Waals surface area contributed by atoms with Crippen LogP contribution in [0.1, 0.15) is 67.4 Å². The average molecular weight is 627 g/mol. The van der Waals surface area contributed by atoms with Crippen molar-refractivity contribution < 1.29 is 24.2 Å². The number of Topliss-reactive ketones (excluding diaryl/α,β-unsaturated/α-hetero) is 1. The van der Waals surface area contributed by atoms with Gasteiger partial charge in [-0.15, -0.1) is 0 Å². The van der Waals surface area contributed by atoms with E-state index in [4.69, 9.17) is 9.72 Å². The Hall–Kier alpha value is -3.60. The van der Waals surface area contributed by atoms with Gasteiger partial charge in [0, 0.05) is 61.9 Å². The number of aromatic carboxylic acids is 1. The number of piperazine rings is 1. The first-order valence-corrected chi connectivity index (χ1v) is 14.6. The molecule has 0 radical (unpaired) electrons. The van der Waals surface area contributed by atoms with Gasteiger partial charge in [0.2, 0.25) is 0 Å². The maximum Gasteiger partial charge on any atom is 0.410 e. The summed E-state index contributed by atoms with van der Waals surface area (Å²) < 4.78 is 7.84. The number of ketones is 1. The molecule has 3 aromatic rings. The van der Waals surface area contributed by atoms with Gasteiger partial charge in [-0.05, 0) is 92.9 Å². The molecule has 1 aliphatic carbocycles. The van der Waals surface area contributed by atoms with E-state index in [0.29, 0.717) is 28.5 Å². The van der Waals surface area contributed by atoms with Crippen LogP contribution >= 0.6 is 15.9 Å². The van der Waals surface area contributed by atoms with Gasteiger partial charge in [0.15, 0.2) is 5.78 Å². The van der Waals surface area contributed by atoms with Gasteiger partial charge >= 0.3 is 12.1 Å². The molecule has 2 fully saturated rings. The van der Waals surface area contributed by atoms with Gasteiger partial charge in [0.25, 0.3) is 0 Å². The summed E-state index contributed by atoms with van der Waals surface area (Å²) in [6.45, 7) is 10.2. The van der Waals surface area contributed by atoms with E-state index in [-0.39, 0.29) is 29.7 Å². The Balaban J connectivity index is 1.34. The maximum absolute atomic E-state index is 12.6. The molecule has 1 saturated carbocycles. The molecule has 2 aliphatic rings. The first kappa shape index (κ1) is 28.9. The Kier molecular flexibility index (Phi) is 7.76. The van der Waals surface area contributed by atoms with Gasteiger partial charge in [-0.25, -0.2) is 14.6 Å². The van der Waals surface area contributed by atoms with Crippen molar-refractivity contribution in [2.75, 3.05) is 43.0 Å². The number of rotatable bonds is 6. The van der Waals surface area contributed by atoms with Crippen molar-refractivity contribution in [3.63, 3.8) is 0 Å². The Morgan fingerprint density at radius 2 is 1.61 bits per heavy atom. The zero-order chi connectivity index (χ0) is 29.6. The number of hydrogen-bond acceptors (Lipinski definition) is 7. The van der Waals surface area contributed by atoms with Crippen LogP contribution in [0.3, 0.4) is 0 Å². The first-order valence-electron chi connectivity index (χ1n) is 13.8. The first-order chi connectivity index (χ1) is 19.3. The van der Waals surface area contributed by atoms with Crippen molar-refractivity contribution in [3.8, 4) is 0 Å². The number of anilines is 2. The van der Waals surface area contributed by atoms with Crippen LogP contribution in [0.2, 0.25) is 0 Å². The predicted octanol–water partition coefficient (Wildman–Crippen LogP) is 5.60. The average Bonchev–Trinajstić information content (AvgIpc) is 3.18. The number of halogens is 1. The van der Waals surface area contributed by atoms with Crippen molar-refractivity contribution in [2.24, 2.45) is 0 Å². The lowest BCUT2D eigenvalue weighted by molar-refractivity contribution is 0.00763.